The van der Waals surface area contributed by atoms with E-state index >= 15 is 0 Å². The Hall–Kier alpha value is -2.65. The number of rotatable bonds is 3. The van der Waals surface area contributed by atoms with Gasteiger partial charge in [0.05, 0.1) is 16.4 Å². The highest BCUT2D eigenvalue weighted by molar-refractivity contribution is 7.93. The van der Waals surface area contributed by atoms with E-state index in [0.29, 0.717) is 16.1 Å². The molecule has 4 rings (SSSR count). The number of pyridine rings is 1. The van der Waals surface area contributed by atoms with E-state index in [0.717, 1.165) is 6.07 Å². The SMILES string of the molecule is Cc1cn2cc(NS(=O)(=O)c3ccc(Cl)c4cn(C)nc34)cc(F)c2n1. The minimum atomic E-state index is -4.01. The average Bonchev–Trinajstić information content (AvgIpc) is 3.09. The van der Waals surface area contributed by atoms with Gasteiger partial charge in [0.25, 0.3) is 10.0 Å². The summed E-state index contributed by atoms with van der Waals surface area (Å²) < 4.78 is 45.2. The first-order chi connectivity index (χ1) is 12.2. The number of aromatic nitrogens is 4. The molecule has 3 aromatic heterocycles. The van der Waals surface area contributed by atoms with Gasteiger partial charge in [0, 0.05) is 37.1 Å². The zero-order chi connectivity index (χ0) is 18.6. The summed E-state index contributed by atoms with van der Waals surface area (Å²) in [6.07, 6.45) is 4.70. The van der Waals surface area contributed by atoms with Crippen molar-refractivity contribution in [3.63, 3.8) is 0 Å². The number of halogens is 2. The van der Waals surface area contributed by atoms with Gasteiger partial charge in [-0.05, 0) is 19.1 Å². The summed E-state index contributed by atoms with van der Waals surface area (Å²) in [5, 5.41) is 5.09. The fourth-order valence-corrected chi connectivity index (χ4v) is 4.21. The van der Waals surface area contributed by atoms with E-state index in [1.807, 2.05) is 0 Å². The lowest BCUT2D eigenvalue weighted by molar-refractivity contribution is 0.601. The zero-order valence-corrected chi connectivity index (χ0v) is 15.3. The van der Waals surface area contributed by atoms with Crippen molar-refractivity contribution in [1.82, 2.24) is 19.2 Å². The largest absolute Gasteiger partial charge is 0.302 e. The molecule has 0 fully saturated rings. The fraction of sp³-hybridized carbons (Fsp3) is 0.125. The van der Waals surface area contributed by atoms with Crippen LogP contribution in [0.3, 0.4) is 0 Å². The summed E-state index contributed by atoms with van der Waals surface area (Å²) in [5.74, 6) is -0.627. The van der Waals surface area contributed by atoms with Gasteiger partial charge in [-0.1, -0.05) is 11.6 Å². The summed E-state index contributed by atoms with van der Waals surface area (Å²) in [6.45, 7) is 1.72. The summed E-state index contributed by atoms with van der Waals surface area (Å²) in [6, 6.07) is 3.95. The predicted molar refractivity (Wildman–Crippen MR) is 96.4 cm³/mol. The first-order valence-corrected chi connectivity index (χ1v) is 9.40. The molecule has 0 aliphatic rings. The number of nitrogens with one attached hydrogen (secondary N) is 1. The third kappa shape index (κ3) is 2.69. The Kier molecular flexibility index (Phi) is 3.67. The number of anilines is 1. The third-order valence-corrected chi connectivity index (χ3v) is 5.61. The minimum Gasteiger partial charge on any atom is -0.302 e. The van der Waals surface area contributed by atoms with Crippen molar-refractivity contribution in [1.29, 1.82) is 0 Å². The number of imidazole rings is 1. The smallest absolute Gasteiger partial charge is 0.264 e. The average molecular weight is 394 g/mol. The molecule has 1 N–H and O–H groups in total. The molecule has 0 spiro atoms. The molecule has 26 heavy (non-hydrogen) atoms. The molecule has 0 aliphatic carbocycles. The maximum atomic E-state index is 14.2. The molecule has 0 unspecified atom stereocenters. The Morgan fingerprint density at radius 1 is 1.23 bits per heavy atom. The van der Waals surface area contributed by atoms with Crippen LogP contribution in [0.5, 0.6) is 0 Å². The molecule has 4 aromatic rings. The van der Waals surface area contributed by atoms with Gasteiger partial charge in [0.1, 0.15) is 10.4 Å². The molecule has 3 heterocycles. The molecule has 0 saturated carbocycles. The number of hydrogen-bond acceptors (Lipinski definition) is 4. The van der Waals surface area contributed by atoms with Crippen LogP contribution in [0.4, 0.5) is 10.1 Å². The number of sulfonamides is 1. The number of hydrogen-bond donors (Lipinski definition) is 1. The van der Waals surface area contributed by atoms with Crippen LogP contribution >= 0.6 is 11.6 Å². The monoisotopic (exact) mass is 393 g/mol. The van der Waals surface area contributed by atoms with E-state index in [9.17, 15) is 12.8 Å². The predicted octanol–water partition coefficient (Wildman–Crippen LogP) is 3.12. The maximum absolute atomic E-state index is 14.2. The molecule has 10 heteroatoms. The van der Waals surface area contributed by atoms with E-state index in [1.54, 1.807) is 26.4 Å². The topological polar surface area (TPSA) is 81.3 Å². The van der Waals surface area contributed by atoms with Gasteiger partial charge in [0.15, 0.2) is 11.5 Å². The van der Waals surface area contributed by atoms with Gasteiger partial charge in [-0.2, -0.15) is 5.10 Å². The summed E-state index contributed by atoms with van der Waals surface area (Å²) in [7, 11) is -2.34. The first kappa shape index (κ1) is 16.8. The van der Waals surface area contributed by atoms with Crippen molar-refractivity contribution in [2.24, 2.45) is 7.05 Å². The Balaban J connectivity index is 1.82. The molecule has 0 radical (unpaired) electrons. The number of nitrogens with zero attached hydrogens (tertiary/aromatic N) is 4. The van der Waals surface area contributed by atoms with Gasteiger partial charge in [-0.3, -0.25) is 9.40 Å². The van der Waals surface area contributed by atoms with Crippen molar-refractivity contribution in [2.75, 3.05) is 4.72 Å². The van der Waals surface area contributed by atoms with E-state index in [1.165, 1.54) is 27.4 Å². The van der Waals surface area contributed by atoms with Crippen LogP contribution in [-0.4, -0.2) is 27.6 Å². The first-order valence-electron chi connectivity index (χ1n) is 7.54. The number of aryl methyl sites for hydroxylation is 2. The van der Waals surface area contributed by atoms with Crippen LogP contribution in [-0.2, 0) is 17.1 Å². The van der Waals surface area contributed by atoms with E-state index in [2.05, 4.69) is 14.8 Å². The Bertz CT molecular complexity index is 1280. The summed E-state index contributed by atoms with van der Waals surface area (Å²) in [5.41, 5.74) is 1.07. The van der Waals surface area contributed by atoms with Crippen molar-refractivity contribution < 1.29 is 12.8 Å². The molecule has 134 valence electrons. The van der Waals surface area contributed by atoms with Crippen molar-refractivity contribution in [3.8, 4) is 0 Å². The van der Waals surface area contributed by atoms with E-state index in [4.69, 9.17) is 11.6 Å². The summed E-state index contributed by atoms with van der Waals surface area (Å²) in [4.78, 5) is 4.00. The van der Waals surface area contributed by atoms with Gasteiger partial charge in [0.2, 0.25) is 0 Å². The lowest BCUT2D eigenvalue weighted by Gasteiger charge is -2.10. The molecule has 1 aromatic carbocycles. The second-order valence-electron chi connectivity index (χ2n) is 5.91. The highest BCUT2D eigenvalue weighted by Crippen LogP contribution is 2.29. The van der Waals surface area contributed by atoms with Gasteiger partial charge >= 0.3 is 0 Å². The van der Waals surface area contributed by atoms with Crippen LogP contribution < -0.4 is 4.72 Å². The molecular weight excluding hydrogens is 381 g/mol. The van der Waals surface area contributed by atoms with Crippen molar-refractivity contribution in [2.45, 2.75) is 11.8 Å². The van der Waals surface area contributed by atoms with Crippen LogP contribution in [0.1, 0.15) is 5.69 Å². The standard InChI is InChI=1S/C16H13ClFN5O2S/c1-9-6-23-7-10(5-13(18)16(23)19-9)21-26(24,25)14-4-3-12(17)11-8-22(2)20-15(11)14/h3-8,21H,1-2H3. The number of fused-ring (bicyclic) bond motifs is 2. The lowest BCUT2D eigenvalue weighted by Crippen LogP contribution is -2.14. The molecular formula is C16H13ClFN5O2S. The van der Waals surface area contributed by atoms with Crippen molar-refractivity contribution >= 4 is 43.9 Å². The Labute approximate surface area is 153 Å². The number of benzene rings is 1. The zero-order valence-electron chi connectivity index (χ0n) is 13.7. The van der Waals surface area contributed by atoms with E-state index in [-0.39, 0.29) is 21.7 Å². The second-order valence-corrected chi connectivity index (χ2v) is 7.96. The molecule has 0 amide bonds. The Morgan fingerprint density at radius 3 is 2.77 bits per heavy atom. The van der Waals surface area contributed by atoms with E-state index < -0.39 is 15.8 Å². The van der Waals surface area contributed by atoms with Gasteiger partial charge in [-0.15, -0.1) is 0 Å². The molecule has 0 atom stereocenters. The van der Waals surface area contributed by atoms with Crippen LogP contribution in [0, 0.1) is 12.7 Å². The molecule has 7 nitrogen and oxygen atoms in total. The van der Waals surface area contributed by atoms with Crippen LogP contribution in [0.15, 0.2) is 41.7 Å². The second kappa shape index (κ2) is 5.68. The van der Waals surface area contributed by atoms with Crippen LogP contribution in [0.25, 0.3) is 16.6 Å². The van der Waals surface area contributed by atoms with Crippen LogP contribution in [0.2, 0.25) is 5.02 Å². The maximum Gasteiger partial charge on any atom is 0.264 e. The fourth-order valence-electron chi connectivity index (χ4n) is 2.82. The molecule has 0 aliphatic heterocycles. The van der Waals surface area contributed by atoms with Gasteiger partial charge < -0.3 is 4.40 Å². The van der Waals surface area contributed by atoms with Crippen molar-refractivity contribution in [3.05, 3.63) is 53.3 Å². The third-order valence-electron chi connectivity index (χ3n) is 3.87. The normalized spacial score (nSPS) is 12.2. The Morgan fingerprint density at radius 2 is 2.00 bits per heavy atom. The summed E-state index contributed by atoms with van der Waals surface area (Å²) >= 11 is 6.11. The van der Waals surface area contributed by atoms with Gasteiger partial charge in [-0.25, -0.2) is 17.8 Å². The highest BCUT2D eigenvalue weighted by atomic mass is 35.5. The minimum absolute atomic E-state index is 0.0418. The lowest BCUT2D eigenvalue weighted by atomic mass is 10.2. The molecule has 0 bridgehead atoms. The quantitative estimate of drug-likeness (QED) is 0.579. The molecule has 0 saturated heterocycles. The highest BCUT2D eigenvalue weighted by Gasteiger charge is 2.22.